The molecule has 3 heterocycles. The second-order valence-electron chi connectivity index (χ2n) is 8.79. The number of amides is 1. The van der Waals surface area contributed by atoms with Crippen LogP contribution >= 0.6 is 105 Å². The average Bonchev–Trinajstić information content (AvgIpc) is 3.47. The van der Waals surface area contributed by atoms with Crippen molar-refractivity contribution in [2.24, 2.45) is 0 Å². The smallest absolute Gasteiger partial charge is 0.338 e. The molecule has 2 aromatic carbocycles. The van der Waals surface area contributed by atoms with Gasteiger partial charge in [-0.1, -0.05) is 130 Å². The van der Waals surface area contributed by atoms with Crippen LogP contribution in [0, 0.1) is 0 Å². The quantitative estimate of drug-likeness (QED) is 0.107. The van der Waals surface area contributed by atoms with Gasteiger partial charge in [-0.3, -0.25) is 9.69 Å². The molecule has 1 amide bonds. The molecule has 1 fully saturated rings. The van der Waals surface area contributed by atoms with Crippen LogP contribution in [0.3, 0.4) is 0 Å². The molecule has 2 aliphatic heterocycles. The number of nitrogens with zero attached hydrogens (tertiary/aromatic N) is 5. The highest BCUT2D eigenvalue weighted by Gasteiger charge is 2.38. The lowest BCUT2D eigenvalue weighted by Crippen LogP contribution is -2.29. The van der Waals surface area contributed by atoms with Crippen molar-refractivity contribution in [2.45, 2.75) is 19.4 Å². The summed E-state index contributed by atoms with van der Waals surface area (Å²) >= 11 is 43.9. The Kier molecular flexibility index (Phi) is 9.97. The van der Waals surface area contributed by atoms with E-state index in [4.69, 9.17) is 86.6 Å². The molecule has 1 saturated heterocycles. The van der Waals surface area contributed by atoms with Gasteiger partial charge in [0.15, 0.2) is 17.5 Å². The molecule has 0 N–H and O–H groups in total. The molecule has 1 aromatic heterocycles. The summed E-state index contributed by atoms with van der Waals surface area (Å²) in [4.78, 5) is 43.4. The molecule has 8 nitrogen and oxygen atoms in total. The van der Waals surface area contributed by atoms with Gasteiger partial charge in [-0.2, -0.15) is 0 Å². The summed E-state index contributed by atoms with van der Waals surface area (Å²) in [6, 6.07) is 14.0. The minimum Gasteiger partial charge on any atom is -0.460 e. The van der Waals surface area contributed by atoms with Crippen LogP contribution in [-0.4, -0.2) is 55.7 Å². The second kappa shape index (κ2) is 13.1. The first-order chi connectivity index (χ1) is 20.3. The third-order valence-electron chi connectivity index (χ3n) is 6.04. The van der Waals surface area contributed by atoms with Gasteiger partial charge in [0.1, 0.15) is 20.9 Å². The standard InChI is InChI=1S/C26H17Cl6N5O3S3/c1-2-36-19(38)17(43-24(36)41)20-37(15-5-3-4-6-16(15)42-20)11-12-40-21(39)14-9-7-13(8-10-14)18-33-22(25(27,28)29)35-23(34-18)26(30,31)32/h3-10H,2,11-12H2,1H3. The van der Waals surface area contributed by atoms with E-state index in [1.165, 1.54) is 35.7 Å². The molecule has 0 unspecified atom stereocenters. The maximum absolute atomic E-state index is 13.0. The van der Waals surface area contributed by atoms with E-state index in [1.54, 1.807) is 17.0 Å². The fourth-order valence-electron chi connectivity index (χ4n) is 4.05. The first kappa shape index (κ1) is 32.8. The number of anilines is 1. The highest BCUT2D eigenvalue weighted by atomic mass is 35.6. The number of halogens is 6. The van der Waals surface area contributed by atoms with Gasteiger partial charge in [-0.25, -0.2) is 19.7 Å². The first-order valence-electron chi connectivity index (χ1n) is 12.3. The van der Waals surface area contributed by atoms with Gasteiger partial charge in [-0.05, 0) is 31.2 Å². The van der Waals surface area contributed by atoms with Crippen molar-refractivity contribution in [1.29, 1.82) is 0 Å². The van der Waals surface area contributed by atoms with Crippen LogP contribution in [-0.2, 0) is 17.1 Å². The lowest BCUT2D eigenvalue weighted by Gasteiger charge is -2.21. The van der Waals surface area contributed by atoms with Crippen LogP contribution in [0.15, 0.2) is 63.4 Å². The number of carbonyl (C=O) groups excluding carboxylic acids is 2. The number of alkyl halides is 6. The molecule has 224 valence electrons. The maximum atomic E-state index is 13.0. The first-order valence-corrected chi connectivity index (χ1v) is 16.6. The summed E-state index contributed by atoms with van der Waals surface area (Å²) in [5.74, 6) is -1.07. The number of rotatable bonds is 6. The van der Waals surface area contributed by atoms with Crippen molar-refractivity contribution in [3.8, 4) is 11.4 Å². The summed E-state index contributed by atoms with van der Waals surface area (Å²) in [5.41, 5.74) is 1.65. The lowest BCUT2D eigenvalue weighted by molar-refractivity contribution is -0.122. The highest BCUT2D eigenvalue weighted by molar-refractivity contribution is 8.27. The van der Waals surface area contributed by atoms with Crippen LogP contribution in [0.4, 0.5) is 5.69 Å². The molecular weight excluding hydrogens is 739 g/mol. The monoisotopic (exact) mass is 753 g/mol. The lowest BCUT2D eigenvalue weighted by atomic mass is 10.1. The Morgan fingerprint density at radius 3 is 2.12 bits per heavy atom. The average molecular weight is 756 g/mol. The fraction of sp³-hybridized carbons (Fsp3) is 0.231. The van der Waals surface area contributed by atoms with Crippen molar-refractivity contribution in [2.75, 3.05) is 24.6 Å². The molecule has 0 bridgehead atoms. The van der Waals surface area contributed by atoms with E-state index in [0.717, 1.165) is 15.6 Å². The van der Waals surface area contributed by atoms with Crippen LogP contribution < -0.4 is 4.90 Å². The summed E-state index contributed by atoms with van der Waals surface area (Å²) in [6.07, 6.45) is 0. The van der Waals surface area contributed by atoms with Crippen molar-refractivity contribution < 1.29 is 14.3 Å². The van der Waals surface area contributed by atoms with E-state index >= 15 is 0 Å². The molecular formula is C26H17Cl6N5O3S3. The van der Waals surface area contributed by atoms with Crippen LogP contribution in [0.5, 0.6) is 0 Å². The van der Waals surface area contributed by atoms with Gasteiger partial charge in [0, 0.05) is 17.0 Å². The number of thiocarbonyl (C=S) groups is 1. The number of thioether (sulfide) groups is 2. The van der Waals surface area contributed by atoms with Gasteiger partial charge in [0.2, 0.25) is 7.59 Å². The topological polar surface area (TPSA) is 88.5 Å². The van der Waals surface area contributed by atoms with E-state index in [0.29, 0.717) is 27.9 Å². The number of ether oxygens (including phenoxy) is 1. The molecule has 0 spiro atoms. The number of aromatic nitrogens is 3. The molecule has 5 rings (SSSR count). The molecule has 0 aliphatic carbocycles. The minimum atomic E-state index is -2.00. The van der Waals surface area contributed by atoms with Crippen molar-refractivity contribution in [3.63, 3.8) is 0 Å². The zero-order valence-electron chi connectivity index (χ0n) is 21.7. The van der Waals surface area contributed by atoms with E-state index in [2.05, 4.69) is 15.0 Å². The van der Waals surface area contributed by atoms with Crippen LogP contribution in [0.2, 0.25) is 0 Å². The Balaban J connectivity index is 1.31. The van der Waals surface area contributed by atoms with E-state index in [1.807, 2.05) is 36.1 Å². The third kappa shape index (κ3) is 7.15. The Hall–Kier alpha value is -1.54. The number of para-hydroxylation sites is 1. The number of likely N-dealkylation sites (N-methyl/N-ethyl adjacent to an activating group) is 1. The maximum Gasteiger partial charge on any atom is 0.338 e. The summed E-state index contributed by atoms with van der Waals surface area (Å²) in [7, 11) is 0. The fourth-order valence-corrected chi connectivity index (χ4v) is 7.28. The molecule has 2 aliphatic rings. The van der Waals surface area contributed by atoms with E-state index in [-0.39, 0.29) is 35.6 Å². The van der Waals surface area contributed by atoms with Crippen LogP contribution in [0.1, 0.15) is 28.9 Å². The Morgan fingerprint density at radius 2 is 1.53 bits per heavy atom. The number of hydrogen-bond donors (Lipinski definition) is 0. The molecule has 0 atom stereocenters. The number of esters is 1. The van der Waals surface area contributed by atoms with Crippen molar-refractivity contribution in [1.82, 2.24) is 19.9 Å². The van der Waals surface area contributed by atoms with Gasteiger partial charge < -0.3 is 9.64 Å². The Morgan fingerprint density at radius 1 is 0.907 bits per heavy atom. The van der Waals surface area contributed by atoms with Crippen LogP contribution in [0.25, 0.3) is 11.4 Å². The molecule has 43 heavy (non-hydrogen) atoms. The molecule has 0 saturated carbocycles. The van der Waals surface area contributed by atoms with Gasteiger partial charge in [-0.15, -0.1) is 0 Å². The number of carbonyl (C=O) groups is 2. The van der Waals surface area contributed by atoms with Gasteiger partial charge in [0.25, 0.3) is 5.91 Å². The minimum absolute atomic E-state index is 0.0553. The number of fused-ring (bicyclic) bond motifs is 1. The number of benzene rings is 2. The predicted molar refractivity (Wildman–Crippen MR) is 178 cm³/mol. The van der Waals surface area contributed by atoms with Crippen molar-refractivity contribution in [3.05, 3.63) is 75.7 Å². The third-order valence-corrected chi connectivity index (χ3v) is 9.80. The van der Waals surface area contributed by atoms with E-state index in [9.17, 15) is 9.59 Å². The Bertz CT molecular complexity index is 1610. The zero-order chi connectivity index (χ0) is 31.1. The SMILES string of the molecule is CCN1C(=O)C(=C2Sc3ccccc3N2CCOC(=O)c2ccc(-c3nc(C(Cl)(Cl)Cl)nc(C(Cl)(Cl)Cl)n3)cc2)SC1=S. The number of hydrogen-bond acceptors (Lipinski definition) is 10. The molecule has 0 radical (unpaired) electrons. The largest absolute Gasteiger partial charge is 0.460 e. The second-order valence-corrected chi connectivity index (χ2v) is 16.0. The zero-order valence-corrected chi connectivity index (χ0v) is 28.7. The summed E-state index contributed by atoms with van der Waals surface area (Å²) in [5, 5.41) is 0.760. The van der Waals surface area contributed by atoms with Crippen molar-refractivity contribution >= 4 is 127 Å². The van der Waals surface area contributed by atoms with Gasteiger partial charge in [0.05, 0.1) is 17.8 Å². The van der Waals surface area contributed by atoms with Gasteiger partial charge >= 0.3 is 5.97 Å². The normalized spacial score (nSPS) is 17.1. The van der Waals surface area contributed by atoms with E-state index < -0.39 is 13.6 Å². The Labute approximate surface area is 290 Å². The molecule has 17 heteroatoms. The molecule has 3 aromatic rings. The highest BCUT2D eigenvalue weighted by Crippen LogP contribution is 2.50. The summed E-state index contributed by atoms with van der Waals surface area (Å²) in [6.45, 7) is 2.75. The predicted octanol–water partition coefficient (Wildman–Crippen LogP) is 8.01. The summed E-state index contributed by atoms with van der Waals surface area (Å²) < 4.78 is 2.11.